The largest absolute Gasteiger partial charge is 0.492 e. The van der Waals surface area contributed by atoms with E-state index in [0.29, 0.717) is 12.5 Å². The van der Waals surface area contributed by atoms with Crippen molar-refractivity contribution in [2.75, 3.05) is 11.6 Å². The molecule has 0 aromatic heterocycles. The molecule has 0 saturated heterocycles. The number of rotatable bonds is 3. The molecule has 0 aliphatic carbocycles. The van der Waals surface area contributed by atoms with Gasteiger partial charge in [0.1, 0.15) is 5.75 Å². The summed E-state index contributed by atoms with van der Waals surface area (Å²) in [6, 6.07) is 27.8. The molecule has 0 saturated carbocycles. The summed E-state index contributed by atoms with van der Waals surface area (Å²) in [5, 5.41) is 7.28. The molecule has 28 heavy (non-hydrogen) atoms. The Bertz CT molecular complexity index is 1010. The topological polar surface area (TPSA) is 24.8 Å². The molecule has 0 fully saturated rings. The highest BCUT2D eigenvalue weighted by Gasteiger charge is 2.43. The van der Waals surface area contributed by atoms with Gasteiger partial charge in [0.2, 0.25) is 0 Å². The standard InChI is InChI=1S/C25H24N2O/c1-17(2)18-12-14-19(15-13-18)25-22-16-28-23-11-7-6-10-21(23)24(22)26-27(25)20-8-4-3-5-9-20/h3-15,17,22,25H,16H2,1-2H3/t22-,25+/m1/s1. The average Bonchev–Trinajstić information content (AvgIpc) is 3.14. The van der Waals surface area contributed by atoms with Crippen molar-refractivity contribution in [1.29, 1.82) is 0 Å². The van der Waals surface area contributed by atoms with Crippen LogP contribution < -0.4 is 9.75 Å². The van der Waals surface area contributed by atoms with Crippen LogP contribution in [-0.2, 0) is 0 Å². The number of hydrogen-bond acceptors (Lipinski definition) is 3. The minimum atomic E-state index is 0.131. The van der Waals surface area contributed by atoms with Crippen molar-refractivity contribution in [3.63, 3.8) is 0 Å². The predicted molar refractivity (Wildman–Crippen MR) is 114 cm³/mol. The molecule has 3 aromatic carbocycles. The highest BCUT2D eigenvalue weighted by molar-refractivity contribution is 6.07. The summed E-state index contributed by atoms with van der Waals surface area (Å²) in [5.41, 5.74) is 5.99. The maximum Gasteiger partial charge on any atom is 0.128 e. The molecule has 140 valence electrons. The zero-order chi connectivity index (χ0) is 19.1. The lowest BCUT2D eigenvalue weighted by atomic mass is 9.85. The summed E-state index contributed by atoms with van der Waals surface area (Å²) in [4.78, 5) is 0. The van der Waals surface area contributed by atoms with Gasteiger partial charge in [-0.1, -0.05) is 68.4 Å². The first-order chi connectivity index (χ1) is 13.7. The molecule has 0 unspecified atom stereocenters. The minimum absolute atomic E-state index is 0.131. The molecule has 0 N–H and O–H groups in total. The number of ether oxygens (including phenoxy) is 1. The molecule has 0 bridgehead atoms. The number of anilines is 1. The Hall–Kier alpha value is -3.07. The number of fused-ring (bicyclic) bond motifs is 3. The quantitative estimate of drug-likeness (QED) is 0.585. The smallest absolute Gasteiger partial charge is 0.128 e. The number of hydrogen-bond donors (Lipinski definition) is 0. The van der Waals surface area contributed by atoms with Crippen molar-refractivity contribution >= 4 is 11.4 Å². The average molecular weight is 368 g/mol. The van der Waals surface area contributed by atoms with Gasteiger partial charge in [0.05, 0.1) is 30.0 Å². The van der Waals surface area contributed by atoms with Crippen LogP contribution in [0.2, 0.25) is 0 Å². The van der Waals surface area contributed by atoms with Gasteiger partial charge in [-0.05, 0) is 41.3 Å². The molecule has 2 atom stereocenters. The molecular weight excluding hydrogens is 344 g/mol. The van der Waals surface area contributed by atoms with Crippen LogP contribution >= 0.6 is 0 Å². The van der Waals surface area contributed by atoms with E-state index < -0.39 is 0 Å². The summed E-state index contributed by atoms with van der Waals surface area (Å²) in [5.74, 6) is 1.67. The maximum absolute atomic E-state index is 6.13. The fourth-order valence-electron chi connectivity index (χ4n) is 4.23. The Labute approximate surface area is 166 Å². The summed E-state index contributed by atoms with van der Waals surface area (Å²) in [7, 11) is 0. The third-order valence-electron chi connectivity index (χ3n) is 5.76. The number of hydrazone groups is 1. The first kappa shape index (κ1) is 17.1. The van der Waals surface area contributed by atoms with Crippen molar-refractivity contribution in [2.24, 2.45) is 11.0 Å². The van der Waals surface area contributed by atoms with E-state index in [1.54, 1.807) is 0 Å². The van der Waals surface area contributed by atoms with Crippen LogP contribution in [0.4, 0.5) is 5.69 Å². The molecule has 2 aliphatic heterocycles. The zero-order valence-corrected chi connectivity index (χ0v) is 16.2. The summed E-state index contributed by atoms with van der Waals surface area (Å²) < 4.78 is 6.13. The monoisotopic (exact) mass is 368 g/mol. The van der Waals surface area contributed by atoms with Crippen LogP contribution in [0.25, 0.3) is 0 Å². The van der Waals surface area contributed by atoms with Crippen LogP contribution in [0.5, 0.6) is 5.75 Å². The second-order valence-electron chi connectivity index (χ2n) is 7.85. The Balaban J connectivity index is 1.61. The van der Waals surface area contributed by atoms with Crippen LogP contribution in [-0.4, -0.2) is 12.3 Å². The fraction of sp³-hybridized carbons (Fsp3) is 0.240. The Morgan fingerprint density at radius 3 is 2.36 bits per heavy atom. The van der Waals surface area contributed by atoms with Gasteiger partial charge in [-0.3, -0.25) is 5.01 Å². The van der Waals surface area contributed by atoms with Gasteiger partial charge in [-0.15, -0.1) is 0 Å². The molecule has 0 spiro atoms. The lowest BCUT2D eigenvalue weighted by Gasteiger charge is -2.30. The van der Waals surface area contributed by atoms with Crippen LogP contribution in [0.1, 0.15) is 42.5 Å². The van der Waals surface area contributed by atoms with Gasteiger partial charge in [0.15, 0.2) is 0 Å². The third-order valence-corrected chi connectivity index (χ3v) is 5.76. The second kappa shape index (κ2) is 6.83. The molecular formula is C25H24N2O. The van der Waals surface area contributed by atoms with Crippen molar-refractivity contribution in [3.05, 3.63) is 95.6 Å². The van der Waals surface area contributed by atoms with Crippen LogP contribution in [0, 0.1) is 5.92 Å². The molecule has 5 rings (SSSR count). The fourth-order valence-corrected chi connectivity index (χ4v) is 4.23. The number of para-hydroxylation sites is 2. The molecule has 0 radical (unpaired) electrons. The first-order valence-electron chi connectivity index (χ1n) is 9.97. The van der Waals surface area contributed by atoms with Gasteiger partial charge in [0, 0.05) is 5.56 Å². The molecule has 3 heteroatoms. The first-order valence-corrected chi connectivity index (χ1v) is 9.97. The SMILES string of the molecule is CC(C)c1ccc([C@H]2[C@@H]3COc4ccccc4C3=NN2c2ccccc2)cc1. The molecule has 3 aromatic rings. The Kier molecular flexibility index (Phi) is 4.16. The van der Waals surface area contributed by atoms with Gasteiger partial charge < -0.3 is 4.74 Å². The van der Waals surface area contributed by atoms with Gasteiger partial charge in [-0.2, -0.15) is 5.10 Å². The van der Waals surface area contributed by atoms with Crippen molar-refractivity contribution in [2.45, 2.75) is 25.8 Å². The van der Waals surface area contributed by atoms with E-state index in [9.17, 15) is 0 Å². The van der Waals surface area contributed by atoms with Gasteiger partial charge in [0.25, 0.3) is 0 Å². The number of benzene rings is 3. The molecule has 2 aliphatic rings. The Morgan fingerprint density at radius 1 is 0.893 bits per heavy atom. The zero-order valence-electron chi connectivity index (χ0n) is 16.2. The highest BCUT2D eigenvalue weighted by atomic mass is 16.5. The van der Waals surface area contributed by atoms with E-state index in [2.05, 4.69) is 79.5 Å². The normalized spacial score (nSPS) is 20.4. The van der Waals surface area contributed by atoms with Gasteiger partial charge >= 0.3 is 0 Å². The van der Waals surface area contributed by atoms with E-state index in [0.717, 1.165) is 22.7 Å². The van der Waals surface area contributed by atoms with E-state index >= 15 is 0 Å². The summed E-state index contributed by atoms with van der Waals surface area (Å²) >= 11 is 0. The van der Waals surface area contributed by atoms with E-state index in [-0.39, 0.29) is 12.0 Å². The lowest BCUT2D eigenvalue weighted by molar-refractivity contribution is 0.260. The van der Waals surface area contributed by atoms with E-state index in [1.165, 1.54) is 11.1 Å². The Morgan fingerprint density at radius 2 is 1.61 bits per heavy atom. The third kappa shape index (κ3) is 2.78. The molecule has 0 amide bonds. The lowest BCUT2D eigenvalue weighted by Crippen LogP contribution is -2.32. The molecule has 3 nitrogen and oxygen atoms in total. The van der Waals surface area contributed by atoms with Gasteiger partial charge in [-0.25, -0.2) is 0 Å². The number of nitrogens with zero attached hydrogens (tertiary/aromatic N) is 2. The van der Waals surface area contributed by atoms with Crippen LogP contribution in [0.15, 0.2) is 84.0 Å². The van der Waals surface area contributed by atoms with E-state index in [1.807, 2.05) is 18.2 Å². The minimum Gasteiger partial charge on any atom is -0.492 e. The summed E-state index contributed by atoms with van der Waals surface area (Å²) in [6.45, 7) is 5.11. The second-order valence-corrected chi connectivity index (χ2v) is 7.85. The van der Waals surface area contributed by atoms with E-state index in [4.69, 9.17) is 9.84 Å². The van der Waals surface area contributed by atoms with Crippen molar-refractivity contribution in [3.8, 4) is 5.75 Å². The highest BCUT2D eigenvalue weighted by Crippen LogP contribution is 2.44. The maximum atomic E-state index is 6.13. The molecule has 2 heterocycles. The predicted octanol–water partition coefficient (Wildman–Crippen LogP) is 5.78. The summed E-state index contributed by atoms with van der Waals surface area (Å²) in [6.07, 6.45) is 0. The van der Waals surface area contributed by atoms with Crippen LogP contribution in [0.3, 0.4) is 0 Å². The van der Waals surface area contributed by atoms with Crippen molar-refractivity contribution < 1.29 is 4.74 Å². The van der Waals surface area contributed by atoms with Crippen molar-refractivity contribution in [1.82, 2.24) is 0 Å².